The fraction of sp³-hybridized carbons (Fsp3) is 0.409. The van der Waals surface area contributed by atoms with Crippen molar-refractivity contribution in [3.05, 3.63) is 47.9 Å². The monoisotopic (exact) mass is 411 g/mol. The van der Waals surface area contributed by atoms with Gasteiger partial charge in [-0.1, -0.05) is 0 Å². The molecule has 1 amide bonds. The van der Waals surface area contributed by atoms with Crippen molar-refractivity contribution in [3.63, 3.8) is 0 Å². The molecule has 3 aromatic rings. The van der Waals surface area contributed by atoms with Gasteiger partial charge < -0.3 is 15.2 Å². The van der Waals surface area contributed by atoms with Gasteiger partial charge in [-0.15, -0.1) is 0 Å². The molecular weight excluding hydrogens is 384 g/mol. The average molecular weight is 411 g/mol. The minimum Gasteiger partial charge on any atom is -0.494 e. The van der Waals surface area contributed by atoms with Crippen molar-refractivity contribution >= 4 is 22.5 Å². The Morgan fingerprint density at radius 3 is 2.77 bits per heavy atom. The lowest BCUT2D eigenvalue weighted by Gasteiger charge is -2.33. The molecule has 1 fully saturated rings. The van der Waals surface area contributed by atoms with Gasteiger partial charge in [0.2, 0.25) is 5.69 Å². The van der Waals surface area contributed by atoms with Crippen LogP contribution in [0.1, 0.15) is 54.8 Å². The highest BCUT2D eigenvalue weighted by Crippen LogP contribution is 2.36. The van der Waals surface area contributed by atoms with Gasteiger partial charge in [-0.2, -0.15) is 5.10 Å². The molecule has 0 radical (unpaired) electrons. The van der Waals surface area contributed by atoms with Gasteiger partial charge in [0.1, 0.15) is 5.75 Å². The van der Waals surface area contributed by atoms with Crippen LogP contribution in [0, 0.1) is 6.92 Å². The summed E-state index contributed by atoms with van der Waals surface area (Å²) in [6.45, 7) is 3.59. The van der Waals surface area contributed by atoms with Crippen LogP contribution < -0.4 is 14.8 Å². The van der Waals surface area contributed by atoms with Gasteiger partial charge in [0, 0.05) is 41.4 Å². The van der Waals surface area contributed by atoms with Gasteiger partial charge in [-0.25, -0.2) is 0 Å². The summed E-state index contributed by atoms with van der Waals surface area (Å²) in [5, 5.41) is 28.7. The second kappa shape index (κ2) is 7.60. The molecule has 2 aromatic heterocycles. The molecule has 8 heteroatoms. The van der Waals surface area contributed by atoms with Gasteiger partial charge >= 0.3 is 11.6 Å². The fourth-order valence-corrected chi connectivity index (χ4v) is 3.98. The van der Waals surface area contributed by atoms with E-state index in [1.807, 2.05) is 23.9 Å². The van der Waals surface area contributed by atoms with Gasteiger partial charge in [0.05, 0.1) is 30.0 Å². The summed E-state index contributed by atoms with van der Waals surface area (Å²) in [7, 11) is 1.54. The lowest BCUT2D eigenvalue weighted by Crippen LogP contribution is -2.42. The number of hydrogen-bond donors (Lipinski definition) is 3. The highest BCUT2D eigenvalue weighted by atomic mass is 16.5. The van der Waals surface area contributed by atoms with E-state index >= 15 is 0 Å². The SMILES string of the molecule is COc1cc2nn(C3CCC(C)(O)CC3)cc2cc1NC(=O)c1cccc(C)[n+]1O. The predicted molar refractivity (Wildman–Crippen MR) is 111 cm³/mol. The fourth-order valence-electron chi connectivity index (χ4n) is 3.98. The third kappa shape index (κ3) is 3.82. The Morgan fingerprint density at radius 1 is 1.33 bits per heavy atom. The zero-order valence-electron chi connectivity index (χ0n) is 17.4. The number of fused-ring (bicyclic) bond motifs is 1. The standard InChI is InChI=1S/C22H26N4O4/c1-14-5-4-6-19(26(14)29)21(27)23-18-11-15-13-25(24-17(15)12-20(18)30-3)16-7-9-22(2,28)10-8-16/h4-6,11-13,16,28H,7-10H2,1-3H3,(H-,23,27,29)/p+1. The molecule has 0 saturated heterocycles. The minimum absolute atomic E-state index is 0.127. The molecule has 0 atom stereocenters. The summed E-state index contributed by atoms with van der Waals surface area (Å²) in [5.41, 5.74) is 1.36. The first-order valence-electron chi connectivity index (χ1n) is 10.1. The molecule has 158 valence electrons. The van der Waals surface area contributed by atoms with Crippen molar-refractivity contribution < 1.29 is 24.6 Å². The second-order valence-corrected chi connectivity index (χ2v) is 8.27. The van der Waals surface area contributed by atoms with E-state index in [9.17, 15) is 15.1 Å². The number of rotatable bonds is 4. The summed E-state index contributed by atoms with van der Waals surface area (Å²) in [4.78, 5) is 12.7. The number of aryl methyl sites for hydroxylation is 1. The number of nitrogens with one attached hydrogen (secondary N) is 1. The number of methoxy groups -OCH3 is 1. The molecule has 0 aliphatic heterocycles. The van der Waals surface area contributed by atoms with E-state index in [2.05, 4.69) is 5.32 Å². The van der Waals surface area contributed by atoms with E-state index in [4.69, 9.17) is 9.84 Å². The van der Waals surface area contributed by atoms with E-state index in [1.54, 1.807) is 31.2 Å². The molecule has 2 heterocycles. The Morgan fingerprint density at radius 2 is 2.07 bits per heavy atom. The zero-order valence-corrected chi connectivity index (χ0v) is 17.4. The number of ether oxygens (including phenoxy) is 1. The highest BCUT2D eigenvalue weighted by molar-refractivity contribution is 6.04. The van der Waals surface area contributed by atoms with Crippen molar-refractivity contribution in [1.82, 2.24) is 9.78 Å². The van der Waals surface area contributed by atoms with Crippen molar-refractivity contribution in [1.29, 1.82) is 0 Å². The summed E-state index contributed by atoms with van der Waals surface area (Å²) in [6, 6.07) is 8.83. The Labute approximate surface area is 174 Å². The third-order valence-electron chi connectivity index (χ3n) is 5.88. The number of pyridine rings is 1. The Hall–Kier alpha value is -3.13. The lowest BCUT2D eigenvalue weighted by atomic mass is 9.84. The van der Waals surface area contributed by atoms with Crippen LogP contribution in [-0.4, -0.2) is 38.7 Å². The van der Waals surface area contributed by atoms with Crippen molar-refractivity contribution in [2.45, 2.75) is 51.2 Å². The lowest BCUT2D eigenvalue weighted by molar-refractivity contribution is -0.909. The summed E-state index contributed by atoms with van der Waals surface area (Å²) < 4.78 is 8.27. The maximum atomic E-state index is 12.7. The Balaban J connectivity index is 1.62. The molecule has 0 unspecified atom stereocenters. The van der Waals surface area contributed by atoms with E-state index in [1.165, 1.54) is 7.11 Å². The number of carbonyl (C=O) groups is 1. The Bertz CT molecular complexity index is 1100. The van der Waals surface area contributed by atoms with Crippen LogP contribution in [0.2, 0.25) is 0 Å². The smallest absolute Gasteiger partial charge is 0.325 e. The molecular formula is C22H27N4O4+. The van der Waals surface area contributed by atoms with Gasteiger partial charge in [-0.3, -0.25) is 14.7 Å². The first kappa shape index (κ1) is 20.2. The van der Waals surface area contributed by atoms with Crippen molar-refractivity contribution in [2.24, 2.45) is 0 Å². The average Bonchev–Trinajstić information content (AvgIpc) is 3.12. The molecule has 1 saturated carbocycles. The number of aromatic nitrogens is 3. The highest BCUT2D eigenvalue weighted by Gasteiger charge is 2.30. The number of carbonyl (C=O) groups excluding carboxylic acids is 1. The van der Waals surface area contributed by atoms with Gasteiger partial charge in [0.15, 0.2) is 0 Å². The molecule has 30 heavy (non-hydrogen) atoms. The van der Waals surface area contributed by atoms with Gasteiger partial charge in [-0.05, 0) is 44.7 Å². The Kier molecular flexibility index (Phi) is 5.11. The molecule has 3 N–H and O–H groups in total. The quantitative estimate of drug-likeness (QED) is 0.453. The van der Waals surface area contributed by atoms with Crippen LogP contribution in [0.4, 0.5) is 5.69 Å². The molecule has 1 aliphatic rings. The predicted octanol–water partition coefficient (Wildman–Crippen LogP) is 3.00. The van der Waals surface area contributed by atoms with Gasteiger partial charge in [0.25, 0.3) is 0 Å². The maximum absolute atomic E-state index is 12.7. The van der Waals surface area contributed by atoms with E-state index < -0.39 is 11.5 Å². The van der Waals surface area contributed by atoms with Crippen LogP contribution >= 0.6 is 0 Å². The summed E-state index contributed by atoms with van der Waals surface area (Å²) >= 11 is 0. The van der Waals surface area contributed by atoms with E-state index in [0.29, 0.717) is 17.1 Å². The molecule has 0 spiro atoms. The number of nitrogens with zero attached hydrogens (tertiary/aromatic N) is 3. The topological polar surface area (TPSA) is 100 Å². The third-order valence-corrected chi connectivity index (χ3v) is 5.88. The summed E-state index contributed by atoms with van der Waals surface area (Å²) in [6.07, 6.45) is 5.19. The van der Waals surface area contributed by atoms with Crippen LogP contribution in [0.3, 0.4) is 0 Å². The largest absolute Gasteiger partial charge is 0.494 e. The van der Waals surface area contributed by atoms with Crippen molar-refractivity contribution in [3.8, 4) is 5.75 Å². The molecule has 1 aliphatic carbocycles. The molecule has 4 rings (SSSR count). The number of hydrogen-bond acceptors (Lipinski definition) is 5. The zero-order chi connectivity index (χ0) is 21.5. The minimum atomic E-state index is -0.594. The number of amides is 1. The second-order valence-electron chi connectivity index (χ2n) is 8.27. The van der Waals surface area contributed by atoms with Crippen LogP contribution in [-0.2, 0) is 0 Å². The molecule has 0 bridgehead atoms. The van der Waals surface area contributed by atoms with Crippen LogP contribution in [0.15, 0.2) is 36.5 Å². The molecule has 1 aromatic carbocycles. The molecule has 8 nitrogen and oxygen atoms in total. The van der Waals surface area contributed by atoms with E-state index in [-0.39, 0.29) is 11.7 Å². The van der Waals surface area contributed by atoms with E-state index in [0.717, 1.165) is 41.3 Å². The summed E-state index contributed by atoms with van der Waals surface area (Å²) in [5.74, 6) is 0.0468. The van der Waals surface area contributed by atoms with Crippen molar-refractivity contribution in [2.75, 3.05) is 12.4 Å². The number of anilines is 1. The maximum Gasteiger partial charge on any atom is 0.325 e. The first-order chi connectivity index (χ1) is 14.3. The number of aliphatic hydroxyl groups is 1. The number of benzene rings is 1. The first-order valence-corrected chi connectivity index (χ1v) is 10.1. The van der Waals surface area contributed by atoms with Crippen LogP contribution in [0.25, 0.3) is 10.9 Å². The van der Waals surface area contributed by atoms with Crippen LogP contribution in [0.5, 0.6) is 5.75 Å². The normalized spacial score (nSPS) is 21.5.